The first-order valence-corrected chi connectivity index (χ1v) is 7.43. The number of fused-ring (bicyclic) bond motifs is 1. The van der Waals surface area contributed by atoms with Gasteiger partial charge in [-0.3, -0.25) is 9.69 Å². The third kappa shape index (κ3) is 4.36. The molecule has 1 unspecified atom stereocenters. The van der Waals surface area contributed by atoms with Gasteiger partial charge in [-0.1, -0.05) is 26.3 Å². The Labute approximate surface area is 125 Å². The van der Waals surface area contributed by atoms with Crippen LogP contribution in [0, 0.1) is 5.92 Å². The monoisotopic (exact) mass is 293 g/mol. The van der Waals surface area contributed by atoms with Crippen LogP contribution in [0.4, 0.5) is 0 Å². The Morgan fingerprint density at radius 2 is 2.14 bits per heavy atom. The van der Waals surface area contributed by atoms with Crippen LogP contribution in [0.2, 0.25) is 0 Å². The molecule has 1 atom stereocenters. The molecule has 0 amide bonds. The number of aliphatic carboxylic acids is 1. The highest BCUT2D eigenvalue weighted by Gasteiger charge is 2.18. The second-order valence-corrected chi connectivity index (χ2v) is 5.52. The van der Waals surface area contributed by atoms with E-state index >= 15 is 0 Å². The van der Waals surface area contributed by atoms with E-state index in [4.69, 9.17) is 14.6 Å². The Morgan fingerprint density at radius 1 is 1.38 bits per heavy atom. The van der Waals surface area contributed by atoms with Gasteiger partial charge in [0.05, 0.1) is 5.92 Å². The molecule has 0 fully saturated rings. The fourth-order valence-electron chi connectivity index (χ4n) is 2.38. The SMILES string of the molecule is CCCCN(Cc1ccc2c(c1)OCO2)CC(C)C(=O)O. The number of carboxylic acid groups (broad SMARTS) is 1. The standard InChI is InChI=1S/C16H23NO4/c1-3-4-7-17(9-12(2)16(18)19)10-13-5-6-14-15(8-13)21-11-20-14/h5-6,8,12H,3-4,7,9-11H2,1-2H3,(H,18,19). The number of hydrogen-bond acceptors (Lipinski definition) is 4. The fourth-order valence-corrected chi connectivity index (χ4v) is 2.38. The number of carboxylic acids is 1. The zero-order chi connectivity index (χ0) is 15.2. The molecule has 1 heterocycles. The predicted octanol–water partition coefficient (Wildman–Crippen LogP) is 2.74. The van der Waals surface area contributed by atoms with Gasteiger partial charge in [0.2, 0.25) is 6.79 Å². The summed E-state index contributed by atoms with van der Waals surface area (Å²) >= 11 is 0. The molecule has 0 bridgehead atoms. The van der Waals surface area contributed by atoms with Crippen molar-refractivity contribution in [1.82, 2.24) is 4.90 Å². The average molecular weight is 293 g/mol. The van der Waals surface area contributed by atoms with Crippen LogP contribution in [0.3, 0.4) is 0 Å². The predicted molar refractivity (Wildman–Crippen MR) is 79.5 cm³/mol. The van der Waals surface area contributed by atoms with Gasteiger partial charge in [-0.25, -0.2) is 0 Å². The second-order valence-electron chi connectivity index (χ2n) is 5.52. The van der Waals surface area contributed by atoms with Crippen molar-refractivity contribution in [3.05, 3.63) is 23.8 Å². The van der Waals surface area contributed by atoms with Crippen molar-refractivity contribution >= 4 is 5.97 Å². The van der Waals surface area contributed by atoms with Crippen LogP contribution in [0.5, 0.6) is 11.5 Å². The molecule has 1 aromatic carbocycles. The summed E-state index contributed by atoms with van der Waals surface area (Å²) in [5, 5.41) is 9.09. The smallest absolute Gasteiger partial charge is 0.307 e. The molecule has 0 saturated heterocycles. The van der Waals surface area contributed by atoms with E-state index in [-0.39, 0.29) is 12.7 Å². The van der Waals surface area contributed by atoms with E-state index in [1.807, 2.05) is 18.2 Å². The van der Waals surface area contributed by atoms with E-state index in [0.717, 1.165) is 43.0 Å². The highest BCUT2D eigenvalue weighted by molar-refractivity contribution is 5.69. The van der Waals surface area contributed by atoms with Crippen LogP contribution in [0.25, 0.3) is 0 Å². The van der Waals surface area contributed by atoms with Crippen LogP contribution in [0.15, 0.2) is 18.2 Å². The summed E-state index contributed by atoms with van der Waals surface area (Å²) in [7, 11) is 0. The summed E-state index contributed by atoms with van der Waals surface area (Å²) in [6, 6.07) is 5.90. The molecular weight excluding hydrogens is 270 g/mol. The van der Waals surface area contributed by atoms with Gasteiger partial charge >= 0.3 is 5.97 Å². The zero-order valence-corrected chi connectivity index (χ0v) is 12.7. The Hall–Kier alpha value is -1.75. The third-order valence-electron chi connectivity index (χ3n) is 3.62. The lowest BCUT2D eigenvalue weighted by molar-refractivity contribution is -0.141. The number of hydrogen-bond donors (Lipinski definition) is 1. The van der Waals surface area contributed by atoms with Crippen LogP contribution in [0.1, 0.15) is 32.3 Å². The zero-order valence-electron chi connectivity index (χ0n) is 12.7. The highest BCUT2D eigenvalue weighted by Crippen LogP contribution is 2.32. The fraction of sp³-hybridized carbons (Fsp3) is 0.562. The third-order valence-corrected chi connectivity index (χ3v) is 3.62. The molecule has 1 aliphatic heterocycles. The lowest BCUT2D eigenvalue weighted by atomic mass is 10.1. The molecule has 116 valence electrons. The highest BCUT2D eigenvalue weighted by atomic mass is 16.7. The van der Waals surface area contributed by atoms with Crippen LogP contribution in [-0.2, 0) is 11.3 Å². The van der Waals surface area contributed by atoms with E-state index in [1.165, 1.54) is 0 Å². The molecular formula is C16H23NO4. The summed E-state index contributed by atoms with van der Waals surface area (Å²) in [6.07, 6.45) is 2.16. The van der Waals surface area contributed by atoms with E-state index in [9.17, 15) is 4.79 Å². The van der Waals surface area contributed by atoms with Gasteiger partial charge in [-0.15, -0.1) is 0 Å². The Bertz CT molecular complexity index is 489. The van der Waals surface area contributed by atoms with Crippen molar-refractivity contribution < 1.29 is 19.4 Å². The van der Waals surface area contributed by atoms with Gasteiger partial charge < -0.3 is 14.6 Å². The van der Waals surface area contributed by atoms with Crippen molar-refractivity contribution in [3.63, 3.8) is 0 Å². The Kier molecular flexibility index (Phi) is 5.44. The number of benzene rings is 1. The second kappa shape index (κ2) is 7.31. The van der Waals surface area contributed by atoms with Crippen molar-refractivity contribution in [3.8, 4) is 11.5 Å². The normalized spacial score (nSPS) is 14.4. The molecule has 1 aromatic rings. The molecule has 0 radical (unpaired) electrons. The van der Waals surface area contributed by atoms with Crippen molar-refractivity contribution in [2.45, 2.75) is 33.2 Å². The summed E-state index contributed by atoms with van der Waals surface area (Å²) in [5.74, 6) is 0.435. The van der Waals surface area contributed by atoms with Gasteiger partial charge in [0.15, 0.2) is 11.5 Å². The minimum atomic E-state index is -0.748. The lowest BCUT2D eigenvalue weighted by Gasteiger charge is -2.24. The number of nitrogens with zero attached hydrogens (tertiary/aromatic N) is 1. The molecule has 5 nitrogen and oxygen atoms in total. The topological polar surface area (TPSA) is 59.0 Å². The first-order valence-electron chi connectivity index (χ1n) is 7.43. The molecule has 0 saturated carbocycles. The van der Waals surface area contributed by atoms with Crippen LogP contribution < -0.4 is 9.47 Å². The van der Waals surface area contributed by atoms with Gasteiger partial charge in [-0.2, -0.15) is 0 Å². The van der Waals surface area contributed by atoms with Crippen molar-refractivity contribution in [2.75, 3.05) is 19.9 Å². The maximum absolute atomic E-state index is 11.1. The molecule has 0 aliphatic carbocycles. The maximum Gasteiger partial charge on any atom is 0.307 e. The van der Waals surface area contributed by atoms with Gasteiger partial charge in [0, 0.05) is 13.1 Å². The van der Waals surface area contributed by atoms with E-state index in [0.29, 0.717) is 6.54 Å². The quantitative estimate of drug-likeness (QED) is 0.798. The van der Waals surface area contributed by atoms with Crippen LogP contribution >= 0.6 is 0 Å². The summed E-state index contributed by atoms with van der Waals surface area (Å²) in [5.41, 5.74) is 1.12. The van der Waals surface area contributed by atoms with Crippen molar-refractivity contribution in [2.24, 2.45) is 5.92 Å². The molecule has 5 heteroatoms. The number of rotatable bonds is 8. The minimum absolute atomic E-state index is 0.272. The number of unbranched alkanes of at least 4 members (excludes halogenated alkanes) is 1. The van der Waals surface area contributed by atoms with Gasteiger partial charge in [0.25, 0.3) is 0 Å². The summed E-state index contributed by atoms with van der Waals surface area (Å²) in [4.78, 5) is 13.2. The van der Waals surface area contributed by atoms with Crippen LogP contribution in [-0.4, -0.2) is 35.9 Å². The molecule has 1 N–H and O–H groups in total. The molecule has 1 aliphatic rings. The van der Waals surface area contributed by atoms with Gasteiger partial charge in [-0.05, 0) is 30.7 Å². The molecule has 2 rings (SSSR count). The number of carbonyl (C=O) groups is 1. The Balaban J connectivity index is 2.01. The first-order chi connectivity index (χ1) is 10.1. The average Bonchev–Trinajstić information content (AvgIpc) is 2.92. The van der Waals surface area contributed by atoms with E-state index < -0.39 is 5.97 Å². The van der Waals surface area contributed by atoms with E-state index in [2.05, 4.69) is 11.8 Å². The van der Waals surface area contributed by atoms with Crippen molar-refractivity contribution in [1.29, 1.82) is 0 Å². The van der Waals surface area contributed by atoms with E-state index in [1.54, 1.807) is 6.92 Å². The lowest BCUT2D eigenvalue weighted by Crippen LogP contribution is -2.32. The number of ether oxygens (including phenoxy) is 2. The first kappa shape index (κ1) is 15.6. The summed E-state index contributed by atoms with van der Waals surface area (Å²) < 4.78 is 10.7. The minimum Gasteiger partial charge on any atom is -0.481 e. The molecule has 0 aromatic heterocycles. The largest absolute Gasteiger partial charge is 0.481 e. The molecule has 0 spiro atoms. The van der Waals surface area contributed by atoms with Gasteiger partial charge in [0.1, 0.15) is 0 Å². The maximum atomic E-state index is 11.1. The summed E-state index contributed by atoms with van der Waals surface area (Å²) in [6.45, 7) is 6.36. The Morgan fingerprint density at radius 3 is 2.86 bits per heavy atom. The molecule has 21 heavy (non-hydrogen) atoms.